The van der Waals surface area contributed by atoms with Crippen molar-refractivity contribution in [2.75, 3.05) is 5.32 Å². The summed E-state index contributed by atoms with van der Waals surface area (Å²) in [7, 11) is 0. The number of anilines is 1. The molecule has 4 nitrogen and oxygen atoms in total. The largest absolute Gasteiger partial charge is 0.308 e. The molecule has 1 aromatic rings. The van der Waals surface area contributed by atoms with Gasteiger partial charge in [0.15, 0.2) is 5.82 Å². The van der Waals surface area contributed by atoms with Crippen LogP contribution in [0.5, 0.6) is 0 Å². The Kier molecular flexibility index (Phi) is 3.62. The molecule has 0 fully saturated rings. The third-order valence-electron chi connectivity index (χ3n) is 1.23. The molecule has 13 heavy (non-hydrogen) atoms. The number of rotatable bonds is 2. The van der Waals surface area contributed by atoms with Gasteiger partial charge in [-0.15, -0.1) is 11.6 Å². The van der Waals surface area contributed by atoms with E-state index in [0.717, 1.165) is 0 Å². The van der Waals surface area contributed by atoms with Crippen LogP contribution in [0.15, 0.2) is 17.0 Å². The van der Waals surface area contributed by atoms with Crippen LogP contribution in [-0.2, 0) is 4.79 Å². The van der Waals surface area contributed by atoms with Crippen LogP contribution in [0.25, 0.3) is 0 Å². The van der Waals surface area contributed by atoms with Crippen molar-refractivity contribution in [3.8, 4) is 0 Å². The van der Waals surface area contributed by atoms with E-state index in [2.05, 4.69) is 31.2 Å². The van der Waals surface area contributed by atoms with Crippen molar-refractivity contribution in [1.29, 1.82) is 0 Å². The number of aromatic nitrogens is 2. The number of amides is 1. The molecule has 0 saturated heterocycles. The minimum absolute atomic E-state index is 0.293. The molecular formula is C7H7BrClN3O. The van der Waals surface area contributed by atoms with Gasteiger partial charge in [-0.1, -0.05) is 0 Å². The minimum Gasteiger partial charge on any atom is -0.308 e. The number of nitrogens with one attached hydrogen (secondary N) is 1. The molecule has 1 atom stereocenters. The van der Waals surface area contributed by atoms with Crippen LogP contribution in [0.4, 0.5) is 5.82 Å². The molecule has 0 radical (unpaired) electrons. The van der Waals surface area contributed by atoms with Gasteiger partial charge in [0.05, 0.1) is 12.4 Å². The molecule has 1 unspecified atom stereocenters. The van der Waals surface area contributed by atoms with E-state index in [1.807, 2.05) is 0 Å². The quantitative estimate of drug-likeness (QED) is 0.829. The summed E-state index contributed by atoms with van der Waals surface area (Å²) in [6, 6.07) is 0. The zero-order valence-corrected chi connectivity index (χ0v) is 9.13. The van der Waals surface area contributed by atoms with E-state index in [4.69, 9.17) is 11.6 Å². The second kappa shape index (κ2) is 4.53. The fourth-order valence-corrected chi connectivity index (χ4v) is 0.862. The third-order valence-corrected chi connectivity index (χ3v) is 1.84. The highest BCUT2D eigenvalue weighted by atomic mass is 79.9. The molecule has 0 aliphatic carbocycles. The first-order valence-electron chi connectivity index (χ1n) is 3.52. The first-order chi connectivity index (χ1) is 6.09. The normalized spacial score (nSPS) is 12.2. The fourth-order valence-electron chi connectivity index (χ4n) is 0.603. The molecule has 70 valence electrons. The van der Waals surface area contributed by atoms with Crippen LogP contribution >= 0.6 is 27.5 Å². The van der Waals surface area contributed by atoms with Gasteiger partial charge in [0, 0.05) is 0 Å². The van der Waals surface area contributed by atoms with Gasteiger partial charge in [-0.2, -0.15) is 0 Å². The Bertz CT molecular complexity index is 301. The highest BCUT2D eigenvalue weighted by Gasteiger charge is 2.09. The van der Waals surface area contributed by atoms with E-state index in [0.29, 0.717) is 10.4 Å². The third kappa shape index (κ3) is 3.28. The Labute approximate surface area is 88.8 Å². The molecule has 6 heteroatoms. The fraction of sp³-hybridized carbons (Fsp3) is 0.286. The van der Waals surface area contributed by atoms with Gasteiger partial charge in [-0.3, -0.25) is 4.79 Å². The molecule has 1 aromatic heterocycles. The van der Waals surface area contributed by atoms with E-state index in [1.54, 1.807) is 6.92 Å². The predicted octanol–water partition coefficient (Wildman–Crippen LogP) is 1.80. The maximum atomic E-state index is 11.1. The van der Waals surface area contributed by atoms with Gasteiger partial charge >= 0.3 is 0 Å². The van der Waals surface area contributed by atoms with Gasteiger partial charge in [-0.25, -0.2) is 9.97 Å². The zero-order chi connectivity index (χ0) is 9.84. The average molecular weight is 265 g/mol. The summed E-state index contributed by atoms with van der Waals surface area (Å²) in [5.41, 5.74) is 0. The lowest BCUT2D eigenvalue weighted by Gasteiger charge is -2.04. The predicted molar refractivity (Wildman–Crippen MR) is 53.7 cm³/mol. The molecule has 0 saturated carbocycles. The Balaban J connectivity index is 2.65. The maximum absolute atomic E-state index is 11.1. The molecule has 0 spiro atoms. The highest BCUT2D eigenvalue weighted by Crippen LogP contribution is 2.07. The van der Waals surface area contributed by atoms with E-state index in [1.165, 1.54) is 12.4 Å². The number of carbonyl (C=O) groups excluding carboxylic acids is 1. The monoisotopic (exact) mass is 263 g/mol. The van der Waals surface area contributed by atoms with E-state index in [9.17, 15) is 4.79 Å². The van der Waals surface area contributed by atoms with Crippen LogP contribution in [-0.4, -0.2) is 21.3 Å². The first kappa shape index (κ1) is 10.4. The summed E-state index contributed by atoms with van der Waals surface area (Å²) in [6.07, 6.45) is 2.94. The molecule has 0 bridgehead atoms. The van der Waals surface area contributed by atoms with E-state index < -0.39 is 5.38 Å². The molecule has 1 rings (SSSR count). The van der Waals surface area contributed by atoms with E-state index >= 15 is 0 Å². The summed E-state index contributed by atoms with van der Waals surface area (Å²) in [5, 5.41) is 1.92. The summed E-state index contributed by atoms with van der Waals surface area (Å²) < 4.78 is 0.615. The summed E-state index contributed by atoms with van der Waals surface area (Å²) in [5.74, 6) is 0.0963. The van der Waals surface area contributed by atoms with Crippen molar-refractivity contribution in [2.24, 2.45) is 0 Å². The van der Waals surface area contributed by atoms with E-state index in [-0.39, 0.29) is 5.91 Å². The zero-order valence-electron chi connectivity index (χ0n) is 6.79. The van der Waals surface area contributed by atoms with Crippen LogP contribution in [0, 0.1) is 0 Å². The van der Waals surface area contributed by atoms with Crippen molar-refractivity contribution in [3.63, 3.8) is 0 Å². The van der Waals surface area contributed by atoms with Crippen molar-refractivity contribution in [1.82, 2.24) is 9.97 Å². The number of alkyl halides is 1. The summed E-state index contributed by atoms with van der Waals surface area (Å²) in [4.78, 5) is 18.9. The molecule has 0 aliphatic rings. The Morgan fingerprint density at radius 2 is 2.31 bits per heavy atom. The lowest BCUT2D eigenvalue weighted by molar-refractivity contribution is -0.115. The van der Waals surface area contributed by atoms with Gasteiger partial charge in [0.25, 0.3) is 0 Å². The molecule has 1 heterocycles. The highest BCUT2D eigenvalue weighted by molar-refractivity contribution is 9.10. The van der Waals surface area contributed by atoms with Gasteiger partial charge in [0.2, 0.25) is 5.91 Å². The van der Waals surface area contributed by atoms with Gasteiger partial charge in [0.1, 0.15) is 9.98 Å². The van der Waals surface area contributed by atoms with Crippen molar-refractivity contribution in [2.45, 2.75) is 12.3 Å². The standard InChI is InChI=1S/C7H7BrClN3O/c1-4(9)7(13)12-6-3-10-5(8)2-11-6/h2-4H,1H3,(H,11,12,13). The summed E-state index contributed by atoms with van der Waals surface area (Å²) >= 11 is 8.67. The van der Waals surface area contributed by atoms with Crippen molar-refractivity contribution < 1.29 is 4.79 Å². The number of carbonyl (C=O) groups is 1. The number of hydrogen-bond donors (Lipinski definition) is 1. The SMILES string of the molecule is CC(Cl)C(=O)Nc1cnc(Br)cn1. The second-order valence-corrected chi connectivity index (χ2v) is 3.80. The molecule has 0 aromatic carbocycles. The molecule has 0 aliphatic heterocycles. The van der Waals surface area contributed by atoms with Crippen LogP contribution in [0.2, 0.25) is 0 Å². The number of halogens is 2. The lowest BCUT2D eigenvalue weighted by Crippen LogP contribution is -2.20. The summed E-state index contributed by atoms with van der Waals surface area (Å²) in [6.45, 7) is 1.59. The average Bonchev–Trinajstić information content (AvgIpc) is 2.08. The van der Waals surface area contributed by atoms with Crippen LogP contribution in [0.3, 0.4) is 0 Å². The topological polar surface area (TPSA) is 54.9 Å². The first-order valence-corrected chi connectivity index (χ1v) is 4.75. The van der Waals surface area contributed by atoms with Crippen molar-refractivity contribution >= 4 is 39.3 Å². The molecular weight excluding hydrogens is 257 g/mol. The minimum atomic E-state index is -0.578. The van der Waals surface area contributed by atoms with Gasteiger partial charge in [-0.05, 0) is 22.9 Å². The van der Waals surface area contributed by atoms with Crippen molar-refractivity contribution in [3.05, 3.63) is 17.0 Å². The molecule has 1 amide bonds. The Morgan fingerprint density at radius 1 is 1.62 bits per heavy atom. The molecule has 1 N–H and O–H groups in total. The van der Waals surface area contributed by atoms with Gasteiger partial charge < -0.3 is 5.32 Å². The maximum Gasteiger partial charge on any atom is 0.243 e. The van der Waals surface area contributed by atoms with Crippen LogP contribution in [0.1, 0.15) is 6.92 Å². The Morgan fingerprint density at radius 3 is 2.77 bits per heavy atom. The smallest absolute Gasteiger partial charge is 0.243 e. The van der Waals surface area contributed by atoms with Crippen LogP contribution < -0.4 is 5.32 Å². The second-order valence-electron chi connectivity index (χ2n) is 2.33. The Hall–Kier alpha value is -0.680. The number of nitrogens with zero attached hydrogens (tertiary/aromatic N) is 2. The number of hydrogen-bond acceptors (Lipinski definition) is 3. The lowest BCUT2D eigenvalue weighted by atomic mass is 10.4.